The fraction of sp³-hybridized carbons (Fsp3) is 0.902. The van der Waals surface area contributed by atoms with E-state index >= 15 is 0 Å². The van der Waals surface area contributed by atoms with Crippen molar-refractivity contribution >= 4 is 19.8 Å². The molecule has 0 aromatic rings. The molecule has 2 atom stereocenters. The van der Waals surface area contributed by atoms with Crippen LogP contribution in [0.3, 0.4) is 0 Å². The number of carbonyl (C=O) groups is 2. The number of unbranched alkanes of at least 4 members (excludes halogenated alkanes) is 25. The predicted molar refractivity (Wildman–Crippen MR) is 211 cm³/mol. The third-order valence-corrected chi connectivity index (χ3v) is 10.1. The molecule has 0 aliphatic carbocycles. The highest BCUT2D eigenvalue weighted by atomic mass is 31.2. The van der Waals surface area contributed by atoms with Crippen LogP contribution < -0.4 is 5.73 Å². The quantitative estimate of drug-likeness (QED) is 0.0272. The molecule has 0 bridgehead atoms. The maximum atomic E-state index is 12.6. The van der Waals surface area contributed by atoms with Crippen molar-refractivity contribution in [2.45, 2.75) is 213 Å². The molecule has 0 aliphatic heterocycles. The van der Waals surface area contributed by atoms with Gasteiger partial charge in [-0.3, -0.25) is 18.6 Å². The zero-order chi connectivity index (χ0) is 37.5. The van der Waals surface area contributed by atoms with Gasteiger partial charge in [0.1, 0.15) is 6.61 Å². The molecule has 9 nitrogen and oxygen atoms in total. The van der Waals surface area contributed by atoms with Gasteiger partial charge in [-0.25, -0.2) is 4.57 Å². The maximum Gasteiger partial charge on any atom is 0.472 e. The molecule has 0 heterocycles. The number of carbonyl (C=O) groups excluding carboxylic acids is 2. The molecular formula is C41H80NO8P. The summed E-state index contributed by atoms with van der Waals surface area (Å²) in [4.78, 5) is 34.8. The van der Waals surface area contributed by atoms with E-state index in [1.54, 1.807) is 0 Å². The number of hydrogen-bond donors (Lipinski definition) is 2. The predicted octanol–water partition coefficient (Wildman–Crippen LogP) is 11.8. The summed E-state index contributed by atoms with van der Waals surface area (Å²) in [6, 6.07) is 0. The molecule has 0 saturated carbocycles. The van der Waals surface area contributed by atoms with Crippen LogP contribution in [0.15, 0.2) is 12.2 Å². The highest BCUT2D eigenvalue weighted by Gasteiger charge is 2.26. The van der Waals surface area contributed by atoms with Crippen LogP contribution in [0.25, 0.3) is 0 Å². The Morgan fingerprint density at radius 2 is 0.961 bits per heavy atom. The first-order valence-electron chi connectivity index (χ1n) is 21.2. The maximum absolute atomic E-state index is 12.6. The topological polar surface area (TPSA) is 134 Å². The van der Waals surface area contributed by atoms with E-state index in [0.29, 0.717) is 6.42 Å². The molecule has 0 aromatic heterocycles. The summed E-state index contributed by atoms with van der Waals surface area (Å²) in [5.74, 6) is -0.824. The lowest BCUT2D eigenvalue weighted by Gasteiger charge is -2.19. The van der Waals surface area contributed by atoms with Gasteiger partial charge in [-0.15, -0.1) is 0 Å². The van der Waals surface area contributed by atoms with Crippen molar-refractivity contribution in [2.24, 2.45) is 5.73 Å². The molecular weight excluding hydrogens is 665 g/mol. The second kappa shape index (κ2) is 38.5. The van der Waals surface area contributed by atoms with Gasteiger partial charge in [0.25, 0.3) is 0 Å². The number of phosphoric acid groups is 1. The van der Waals surface area contributed by atoms with Gasteiger partial charge in [0.2, 0.25) is 0 Å². The number of rotatable bonds is 40. The van der Waals surface area contributed by atoms with Gasteiger partial charge in [-0.2, -0.15) is 0 Å². The molecule has 1 unspecified atom stereocenters. The first-order valence-corrected chi connectivity index (χ1v) is 22.7. The third kappa shape index (κ3) is 38.3. The van der Waals surface area contributed by atoms with Crippen molar-refractivity contribution in [2.75, 3.05) is 26.4 Å². The van der Waals surface area contributed by atoms with Crippen LogP contribution in [0.1, 0.15) is 206 Å². The summed E-state index contributed by atoms with van der Waals surface area (Å²) >= 11 is 0. The molecule has 0 aromatic carbocycles. The van der Waals surface area contributed by atoms with E-state index in [1.165, 1.54) is 128 Å². The van der Waals surface area contributed by atoms with Gasteiger partial charge in [0.05, 0.1) is 13.2 Å². The van der Waals surface area contributed by atoms with Crippen molar-refractivity contribution < 1.29 is 37.6 Å². The Bertz CT molecular complexity index is 856. The first-order chi connectivity index (χ1) is 24.8. The highest BCUT2D eigenvalue weighted by molar-refractivity contribution is 7.47. The Morgan fingerprint density at radius 1 is 0.569 bits per heavy atom. The average Bonchev–Trinajstić information content (AvgIpc) is 3.11. The van der Waals surface area contributed by atoms with E-state index in [-0.39, 0.29) is 38.6 Å². The number of hydrogen-bond acceptors (Lipinski definition) is 8. The van der Waals surface area contributed by atoms with Crippen LogP contribution in [0, 0.1) is 0 Å². The van der Waals surface area contributed by atoms with E-state index in [0.717, 1.165) is 44.9 Å². The van der Waals surface area contributed by atoms with Crippen LogP contribution in [0.2, 0.25) is 0 Å². The van der Waals surface area contributed by atoms with Crippen LogP contribution in [0.4, 0.5) is 0 Å². The molecule has 0 fully saturated rings. The summed E-state index contributed by atoms with van der Waals surface area (Å²) in [6.07, 6.45) is 38.0. The molecule has 10 heteroatoms. The SMILES string of the molecule is CCCCCC/C=C/CCCCCCCCCC(=O)O[C@H](COC(=O)CCCCCCCCCCCCCCCCC)COP(=O)(O)OCCN. The lowest BCUT2D eigenvalue weighted by Crippen LogP contribution is -2.29. The van der Waals surface area contributed by atoms with E-state index in [9.17, 15) is 19.0 Å². The number of phosphoric ester groups is 1. The van der Waals surface area contributed by atoms with E-state index in [4.69, 9.17) is 24.3 Å². The molecule has 302 valence electrons. The summed E-state index contributed by atoms with van der Waals surface area (Å²) in [7, 11) is -4.37. The van der Waals surface area contributed by atoms with Gasteiger partial charge in [0, 0.05) is 19.4 Å². The minimum Gasteiger partial charge on any atom is -0.462 e. The Balaban J connectivity index is 4.14. The number of esters is 2. The molecule has 0 rings (SSSR count). The lowest BCUT2D eigenvalue weighted by molar-refractivity contribution is -0.161. The van der Waals surface area contributed by atoms with E-state index < -0.39 is 26.5 Å². The van der Waals surface area contributed by atoms with Crippen molar-refractivity contribution in [3.8, 4) is 0 Å². The lowest BCUT2D eigenvalue weighted by atomic mass is 10.0. The second-order valence-corrected chi connectivity index (χ2v) is 15.7. The zero-order valence-corrected chi connectivity index (χ0v) is 34.0. The number of ether oxygens (including phenoxy) is 2. The van der Waals surface area contributed by atoms with Crippen LogP contribution in [-0.2, 0) is 32.7 Å². The summed E-state index contributed by atoms with van der Waals surface area (Å²) in [5.41, 5.74) is 5.34. The zero-order valence-electron chi connectivity index (χ0n) is 33.1. The Hall–Kier alpha value is -1.25. The highest BCUT2D eigenvalue weighted by Crippen LogP contribution is 2.43. The standard InChI is InChI=1S/C41H80NO8P/c1-3-5-7-9-11-13-15-17-19-21-23-25-27-29-31-33-40(43)47-37-39(38-49-51(45,46)48-36-35-42)50-41(44)34-32-30-28-26-24-22-20-18-16-14-12-10-8-6-4-2/h14,16,39H,3-13,15,17-38,42H2,1-2H3,(H,45,46)/b16-14+/t39-/m1/s1. The van der Waals surface area contributed by atoms with Crippen LogP contribution in [0.5, 0.6) is 0 Å². The Kier molecular flexibility index (Phi) is 37.5. The monoisotopic (exact) mass is 746 g/mol. The number of nitrogens with two attached hydrogens (primary N) is 1. The van der Waals surface area contributed by atoms with Gasteiger partial charge in [-0.1, -0.05) is 167 Å². The van der Waals surface area contributed by atoms with Gasteiger partial charge < -0.3 is 20.1 Å². The van der Waals surface area contributed by atoms with Gasteiger partial charge >= 0.3 is 19.8 Å². The molecule has 0 saturated heterocycles. The molecule has 0 spiro atoms. The second-order valence-electron chi connectivity index (χ2n) is 14.2. The summed E-state index contributed by atoms with van der Waals surface area (Å²) in [5, 5.41) is 0. The Labute approximate surface area is 313 Å². The molecule has 0 aliphatic rings. The van der Waals surface area contributed by atoms with Crippen LogP contribution in [-0.4, -0.2) is 49.3 Å². The fourth-order valence-corrected chi connectivity index (χ4v) is 6.75. The molecule has 51 heavy (non-hydrogen) atoms. The smallest absolute Gasteiger partial charge is 0.462 e. The number of allylic oxidation sites excluding steroid dienone is 2. The molecule has 3 N–H and O–H groups in total. The normalized spacial score (nSPS) is 13.4. The average molecular weight is 746 g/mol. The third-order valence-electron chi connectivity index (χ3n) is 9.15. The minimum atomic E-state index is -4.37. The van der Waals surface area contributed by atoms with Crippen LogP contribution >= 0.6 is 7.82 Å². The first kappa shape index (κ1) is 49.8. The molecule has 0 radical (unpaired) electrons. The van der Waals surface area contributed by atoms with Gasteiger partial charge in [-0.05, 0) is 38.5 Å². The van der Waals surface area contributed by atoms with Crippen molar-refractivity contribution in [1.82, 2.24) is 0 Å². The van der Waals surface area contributed by atoms with Gasteiger partial charge in [0.15, 0.2) is 6.10 Å². The molecule has 0 amide bonds. The minimum absolute atomic E-state index is 0.0554. The summed E-state index contributed by atoms with van der Waals surface area (Å²) < 4.78 is 32.7. The van der Waals surface area contributed by atoms with Crippen molar-refractivity contribution in [1.29, 1.82) is 0 Å². The van der Waals surface area contributed by atoms with Crippen molar-refractivity contribution in [3.05, 3.63) is 12.2 Å². The summed E-state index contributed by atoms with van der Waals surface area (Å²) in [6.45, 7) is 3.74. The largest absolute Gasteiger partial charge is 0.472 e. The Morgan fingerprint density at radius 3 is 1.41 bits per heavy atom. The van der Waals surface area contributed by atoms with Crippen molar-refractivity contribution in [3.63, 3.8) is 0 Å². The van der Waals surface area contributed by atoms with E-state index in [2.05, 4.69) is 26.0 Å². The van der Waals surface area contributed by atoms with E-state index in [1.807, 2.05) is 0 Å². The fourth-order valence-electron chi connectivity index (χ4n) is 5.98.